The highest BCUT2D eigenvalue weighted by atomic mass is 16.5. The lowest BCUT2D eigenvalue weighted by Crippen LogP contribution is -2.32. The third-order valence-corrected chi connectivity index (χ3v) is 3.39. The van der Waals surface area contributed by atoms with Crippen molar-refractivity contribution in [2.24, 2.45) is 5.73 Å². The fourth-order valence-electron chi connectivity index (χ4n) is 2.37. The van der Waals surface area contributed by atoms with Crippen LogP contribution in [0.3, 0.4) is 0 Å². The molecule has 3 rings (SSSR count). The second kappa shape index (κ2) is 5.92. The lowest BCUT2D eigenvalue weighted by atomic mass is 10.0. The highest BCUT2D eigenvalue weighted by molar-refractivity contribution is 5.92. The molecule has 0 aliphatic carbocycles. The number of hydrogen-bond acceptors (Lipinski definition) is 5. The first kappa shape index (κ1) is 13.6. The summed E-state index contributed by atoms with van der Waals surface area (Å²) in [5.41, 5.74) is 6.74. The van der Waals surface area contributed by atoms with Crippen LogP contribution in [-0.4, -0.2) is 34.1 Å². The van der Waals surface area contributed by atoms with Crippen molar-refractivity contribution in [1.29, 1.82) is 0 Å². The molecule has 1 aliphatic rings. The average molecular weight is 287 g/mol. The van der Waals surface area contributed by atoms with E-state index in [-0.39, 0.29) is 11.9 Å². The Balaban J connectivity index is 1.73. The molecule has 21 heavy (non-hydrogen) atoms. The number of amides is 1. The van der Waals surface area contributed by atoms with E-state index in [1.54, 1.807) is 10.9 Å². The summed E-state index contributed by atoms with van der Waals surface area (Å²) in [5.74, 6) is 0.584. The molecule has 1 atom stereocenters. The van der Waals surface area contributed by atoms with E-state index in [4.69, 9.17) is 10.5 Å². The molecule has 1 aliphatic heterocycles. The molecule has 0 fully saturated rings. The number of benzene rings is 1. The van der Waals surface area contributed by atoms with Gasteiger partial charge in [0.25, 0.3) is 5.91 Å². The van der Waals surface area contributed by atoms with Crippen LogP contribution in [0.2, 0.25) is 0 Å². The summed E-state index contributed by atoms with van der Waals surface area (Å²) < 4.78 is 7.14. The number of rotatable bonds is 4. The Bertz CT molecular complexity index is 640. The predicted octanol–water partition coefficient (Wildman–Crippen LogP) is 0.490. The zero-order valence-corrected chi connectivity index (χ0v) is 11.5. The van der Waals surface area contributed by atoms with Gasteiger partial charge in [-0.25, -0.2) is 0 Å². The number of hydrogen-bond donors (Lipinski definition) is 2. The first-order valence-electron chi connectivity index (χ1n) is 6.90. The first-order valence-corrected chi connectivity index (χ1v) is 6.90. The number of para-hydroxylation sites is 1. The van der Waals surface area contributed by atoms with Crippen molar-refractivity contribution >= 4 is 5.91 Å². The van der Waals surface area contributed by atoms with Gasteiger partial charge in [0.1, 0.15) is 5.75 Å². The summed E-state index contributed by atoms with van der Waals surface area (Å²) in [6.45, 7) is 1.58. The average Bonchev–Trinajstić information content (AvgIpc) is 2.97. The maximum Gasteiger partial charge on any atom is 0.273 e. The summed E-state index contributed by atoms with van der Waals surface area (Å²) in [6.07, 6.45) is 2.34. The molecule has 1 unspecified atom stereocenters. The van der Waals surface area contributed by atoms with Gasteiger partial charge >= 0.3 is 0 Å². The van der Waals surface area contributed by atoms with Crippen LogP contribution in [0, 0.1) is 0 Å². The first-order chi connectivity index (χ1) is 10.3. The number of carbonyl (C=O) groups is 1. The second-order valence-electron chi connectivity index (χ2n) is 4.86. The van der Waals surface area contributed by atoms with Crippen molar-refractivity contribution in [2.75, 3.05) is 13.2 Å². The van der Waals surface area contributed by atoms with Crippen LogP contribution in [0.25, 0.3) is 0 Å². The van der Waals surface area contributed by atoms with Crippen molar-refractivity contribution in [1.82, 2.24) is 20.3 Å². The summed E-state index contributed by atoms with van der Waals surface area (Å²) >= 11 is 0. The fraction of sp³-hybridized carbons (Fsp3) is 0.357. The van der Waals surface area contributed by atoms with Gasteiger partial charge in [0, 0.05) is 18.5 Å². The lowest BCUT2D eigenvalue weighted by molar-refractivity contribution is 0.0919. The Morgan fingerprint density at radius 1 is 1.48 bits per heavy atom. The molecule has 7 heteroatoms. The zero-order chi connectivity index (χ0) is 14.7. The number of carbonyl (C=O) groups excluding carboxylic acids is 1. The van der Waals surface area contributed by atoms with Gasteiger partial charge in [-0.3, -0.25) is 9.48 Å². The van der Waals surface area contributed by atoms with Gasteiger partial charge in [0.15, 0.2) is 5.69 Å². The van der Waals surface area contributed by atoms with Gasteiger partial charge in [-0.1, -0.05) is 23.4 Å². The molecule has 0 spiro atoms. The van der Waals surface area contributed by atoms with Crippen molar-refractivity contribution in [2.45, 2.75) is 19.0 Å². The van der Waals surface area contributed by atoms with E-state index in [2.05, 4.69) is 15.6 Å². The van der Waals surface area contributed by atoms with Crippen LogP contribution >= 0.6 is 0 Å². The van der Waals surface area contributed by atoms with Gasteiger partial charge < -0.3 is 15.8 Å². The Hall–Kier alpha value is -2.41. The third kappa shape index (κ3) is 2.87. The molecular weight excluding hydrogens is 270 g/mol. The molecule has 1 aromatic carbocycles. The monoisotopic (exact) mass is 287 g/mol. The molecular formula is C14H17N5O2. The van der Waals surface area contributed by atoms with Crippen LogP contribution in [0.1, 0.15) is 28.5 Å². The summed E-state index contributed by atoms with van der Waals surface area (Å²) in [7, 11) is 0. The highest BCUT2D eigenvalue weighted by Crippen LogP contribution is 2.31. The van der Waals surface area contributed by atoms with E-state index >= 15 is 0 Å². The van der Waals surface area contributed by atoms with Crippen molar-refractivity contribution in [3.05, 3.63) is 41.7 Å². The topological polar surface area (TPSA) is 95.1 Å². The Labute approximate surface area is 122 Å². The third-order valence-electron chi connectivity index (χ3n) is 3.39. The summed E-state index contributed by atoms with van der Waals surface area (Å²) in [4.78, 5) is 12.2. The fourth-order valence-corrected chi connectivity index (χ4v) is 2.37. The molecule has 7 nitrogen and oxygen atoms in total. The van der Waals surface area contributed by atoms with Gasteiger partial charge in [0.2, 0.25) is 0 Å². The molecule has 2 aromatic rings. The van der Waals surface area contributed by atoms with Crippen LogP contribution in [-0.2, 0) is 6.54 Å². The maximum absolute atomic E-state index is 12.2. The molecule has 0 saturated heterocycles. The van der Waals surface area contributed by atoms with E-state index in [0.29, 0.717) is 25.4 Å². The largest absolute Gasteiger partial charge is 0.493 e. The standard InChI is InChI=1S/C14H17N5O2/c15-6-7-19-9-12(17-18-19)14(20)16-11-5-8-21-13-4-2-1-3-10(11)13/h1-4,9,11H,5-8,15H2,(H,16,20). The molecule has 2 heterocycles. The van der Waals surface area contributed by atoms with E-state index in [1.165, 1.54) is 0 Å². The summed E-state index contributed by atoms with van der Waals surface area (Å²) in [5, 5.41) is 10.7. The van der Waals surface area contributed by atoms with E-state index in [9.17, 15) is 4.79 Å². The molecule has 1 amide bonds. The van der Waals surface area contributed by atoms with E-state index in [1.807, 2.05) is 24.3 Å². The quantitative estimate of drug-likeness (QED) is 0.853. The molecule has 0 bridgehead atoms. The smallest absolute Gasteiger partial charge is 0.273 e. The van der Waals surface area contributed by atoms with Crippen molar-refractivity contribution in [3.8, 4) is 5.75 Å². The second-order valence-corrected chi connectivity index (χ2v) is 4.86. The van der Waals surface area contributed by atoms with Gasteiger partial charge in [0.05, 0.1) is 25.4 Å². The molecule has 0 saturated carbocycles. The Kier molecular flexibility index (Phi) is 3.83. The normalized spacial score (nSPS) is 16.9. The van der Waals surface area contributed by atoms with E-state index < -0.39 is 0 Å². The Morgan fingerprint density at radius 3 is 3.19 bits per heavy atom. The van der Waals surface area contributed by atoms with Crippen LogP contribution < -0.4 is 15.8 Å². The number of fused-ring (bicyclic) bond motifs is 1. The number of nitrogens with two attached hydrogens (primary N) is 1. The number of aromatic nitrogens is 3. The predicted molar refractivity (Wildman–Crippen MR) is 75.8 cm³/mol. The Morgan fingerprint density at radius 2 is 2.33 bits per heavy atom. The number of ether oxygens (including phenoxy) is 1. The SMILES string of the molecule is NCCn1cc(C(=O)NC2CCOc3ccccc32)nn1. The highest BCUT2D eigenvalue weighted by Gasteiger charge is 2.24. The molecule has 0 radical (unpaired) electrons. The maximum atomic E-state index is 12.2. The minimum absolute atomic E-state index is 0.0675. The van der Waals surface area contributed by atoms with Crippen molar-refractivity contribution in [3.63, 3.8) is 0 Å². The van der Waals surface area contributed by atoms with Gasteiger partial charge in [-0.15, -0.1) is 5.10 Å². The summed E-state index contributed by atoms with van der Waals surface area (Å²) in [6, 6.07) is 7.66. The van der Waals surface area contributed by atoms with Crippen LogP contribution in [0.4, 0.5) is 0 Å². The van der Waals surface area contributed by atoms with Gasteiger partial charge in [-0.05, 0) is 6.07 Å². The lowest BCUT2D eigenvalue weighted by Gasteiger charge is -2.26. The molecule has 1 aromatic heterocycles. The van der Waals surface area contributed by atoms with Crippen molar-refractivity contribution < 1.29 is 9.53 Å². The van der Waals surface area contributed by atoms with Gasteiger partial charge in [-0.2, -0.15) is 0 Å². The van der Waals surface area contributed by atoms with Crippen LogP contribution in [0.5, 0.6) is 5.75 Å². The van der Waals surface area contributed by atoms with E-state index in [0.717, 1.165) is 17.7 Å². The van der Waals surface area contributed by atoms with Crippen LogP contribution in [0.15, 0.2) is 30.5 Å². The molecule has 3 N–H and O–H groups in total. The minimum atomic E-state index is -0.236. The number of nitrogens with one attached hydrogen (secondary N) is 1. The molecule has 110 valence electrons. The number of nitrogens with zero attached hydrogens (tertiary/aromatic N) is 3. The minimum Gasteiger partial charge on any atom is -0.493 e. The zero-order valence-electron chi connectivity index (χ0n) is 11.5.